The van der Waals surface area contributed by atoms with Crippen molar-refractivity contribution in [2.45, 2.75) is 19.0 Å². The molecule has 0 fully saturated rings. The van der Waals surface area contributed by atoms with Gasteiger partial charge in [-0.15, -0.1) is 0 Å². The summed E-state index contributed by atoms with van der Waals surface area (Å²) in [5, 5.41) is 10.7. The summed E-state index contributed by atoms with van der Waals surface area (Å²) >= 11 is 3.76. The van der Waals surface area contributed by atoms with Crippen LogP contribution in [0.4, 0.5) is 0 Å². The van der Waals surface area contributed by atoms with E-state index >= 15 is 0 Å². The Labute approximate surface area is 75.7 Å². The van der Waals surface area contributed by atoms with Crippen molar-refractivity contribution in [3.63, 3.8) is 0 Å². The lowest BCUT2D eigenvalue weighted by atomic mass is 10.3. The maximum Gasteiger partial charge on any atom is 0.327 e. The van der Waals surface area contributed by atoms with Gasteiger partial charge in [0.2, 0.25) is 5.91 Å². The quantitative estimate of drug-likeness (QED) is 0.422. The van der Waals surface area contributed by atoms with Gasteiger partial charge in [0.15, 0.2) is 0 Å². The van der Waals surface area contributed by atoms with Crippen LogP contribution in [0.25, 0.3) is 0 Å². The Morgan fingerprint density at radius 2 is 2.17 bits per heavy atom. The molecule has 0 rings (SSSR count). The maximum atomic E-state index is 10.9. The van der Waals surface area contributed by atoms with Gasteiger partial charge in [-0.1, -0.05) is 0 Å². The molecule has 70 valence electrons. The van der Waals surface area contributed by atoms with Crippen LogP contribution in [0.5, 0.6) is 0 Å². The number of carboxylic acid groups (broad SMARTS) is 1. The minimum Gasteiger partial charge on any atom is -0.480 e. The first-order chi connectivity index (χ1) is 5.49. The molecule has 12 heavy (non-hydrogen) atoms. The van der Waals surface area contributed by atoms with Crippen LogP contribution in [-0.4, -0.2) is 34.8 Å². The fourth-order valence-corrected chi connectivity index (χ4v) is 0.736. The normalized spacial score (nSPS) is 14.9. The first kappa shape index (κ1) is 11.2. The molecule has 0 aliphatic heterocycles. The standard InChI is InChI=1S/C6H12N2O3S/c1-3(7)5(9)8-4(2-12)6(10)11/h3-4,12H,2,7H2,1H3,(H,8,9)(H,10,11)/t3-,4-/m0/s1. The maximum absolute atomic E-state index is 10.9. The van der Waals surface area contributed by atoms with Crippen LogP contribution in [0.1, 0.15) is 6.92 Å². The van der Waals surface area contributed by atoms with Crippen LogP contribution in [0, 0.1) is 0 Å². The second kappa shape index (κ2) is 5.00. The molecule has 0 unspecified atom stereocenters. The SMILES string of the molecule is C[C@H](N)C(=O)N[C@@H](CS)C(=O)O. The number of rotatable bonds is 4. The zero-order valence-electron chi connectivity index (χ0n) is 6.65. The molecular formula is C6H12N2O3S. The van der Waals surface area contributed by atoms with E-state index in [4.69, 9.17) is 10.8 Å². The number of aliphatic carboxylic acids is 1. The van der Waals surface area contributed by atoms with Gasteiger partial charge in [0.25, 0.3) is 0 Å². The predicted octanol–water partition coefficient (Wildman–Crippen LogP) is -1.17. The summed E-state index contributed by atoms with van der Waals surface area (Å²) in [4.78, 5) is 21.3. The third-order valence-electron chi connectivity index (χ3n) is 1.21. The summed E-state index contributed by atoms with van der Waals surface area (Å²) in [6, 6.07) is -1.67. The lowest BCUT2D eigenvalue weighted by Crippen LogP contribution is -2.48. The van der Waals surface area contributed by atoms with Gasteiger partial charge in [-0.25, -0.2) is 4.79 Å². The van der Waals surface area contributed by atoms with Crippen molar-refractivity contribution in [3.8, 4) is 0 Å². The molecule has 0 spiro atoms. The number of carboxylic acids is 1. The van der Waals surface area contributed by atoms with E-state index in [0.717, 1.165) is 0 Å². The highest BCUT2D eigenvalue weighted by atomic mass is 32.1. The Balaban J connectivity index is 4.03. The van der Waals surface area contributed by atoms with Gasteiger partial charge in [0, 0.05) is 5.75 Å². The molecule has 5 nitrogen and oxygen atoms in total. The van der Waals surface area contributed by atoms with Gasteiger partial charge < -0.3 is 16.2 Å². The van der Waals surface area contributed by atoms with E-state index < -0.39 is 24.0 Å². The van der Waals surface area contributed by atoms with Gasteiger partial charge in [-0.3, -0.25) is 4.79 Å². The number of amides is 1. The van der Waals surface area contributed by atoms with Crippen LogP contribution in [-0.2, 0) is 9.59 Å². The number of hydrogen-bond donors (Lipinski definition) is 4. The van der Waals surface area contributed by atoms with E-state index in [1.54, 1.807) is 0 Å². The number of carbonyl (C=O) groups excluding carboxylic acids is 1. The minimum atomic E-state index is -1.11. The Kier molecular flexibility index (Phi) is 4.68. The molecule has 2 atom stereocenters. The smallest absolute Gasteiger partial charge is 0.327 e. The van der Waals surface area contributed by atoms with Crippen molar-refractivity contribution < 1.29 is 14.7 Å². The predicted molar refractivity (Wildman–Crippen MR) is 47.1 cm³/mol. The van der Waals surface area contributed by atoms with Crippen molar-refractivity contribution in [2.75, 3.05) is 5.75 Å². The Morgan fingerprint density at radius 1 is 1.67 bits per heavy atom. The second-order valence-corrected chi connectivity index (χ2v) is 2.74. The van der Waals surface area contributed by atoms with Crippen LogP contribution < -0.4 is 11.1 Å². The van der Waals surface area contributed by atoms with E-state index in [1.165, 1.54) is 6.92 Å². The zero-order chi connectivity index (χ0) is 9.72. The number of thiol groups is 1. The van der Waals surface area contributed by atoms with E-state index in [-0.39, 0.29) is 5.75 Å². The molecule has 6 heteroatoms. The molecule has 0 saturated carbocycles. The van der Waals surface area contributed by atoms with E-state index in [0.29, 0.717) is 0 Å². The number of carbonyl (C=O) groups is 2. The van der Waals surface area contributed by atoms with E-state index in [9.17, 15) is 9.59 Å². The van der Waals surface area contributed by atoms with Gasteiger partial charge in [-0.2, -0.15) is 12.6 Å². The van der Waals surface area contributed by atoms with Gasteiger partial charge in [0.05, 0.1) is 6.04 Å². The van der Waals surface area contributed by atoms with Crippen molar-refractivity contribution in [1.29, 1.82) is 0 Å². The summed E-state index contributed by atoms with van der Waals surface area (Å²) < 4.78 is 0. The zero-order valence-corrected chi connectivity index (χ0v) is 7.54. The molecule has 0 aliphatic rings. The summed E-state index contributed by atoms with van der Waals surface area (Å²) in [5.74, 6) is -1.55. The van der Waals surface area contributed by atoms with Crippen molar-refractivity contribution in [2.24, 2.45) is 5.73 Å². The average Bonchev–Trinajstić information content (AvgIpc) is 1.98. The third kappa shape index (κ3) is 3.59. The third-order valence-corrected chi connectivity index (χ3v) is 1.58. The summed E-state index contributed by atoms with van der Waals surface area (Å²) in [6.07, 6.45) is 0. The van der Waals surface area contributed by atoms with E-state index in [2.05, 4.69) is 17.9 Å². The first-order valence-electron chi connectivity index (χ1n) is 3.38. The lowest BCUT2D eigenvalue weighted by Gasteiger charge is -2.13. The molecule has 0 radical (unpaired) electrons. The molecule has 0 aromatic rings. The molecule has 0 heterocycles. The van der Waals surface area contributed by atoms with Crippen LogP contribution in [0.2, 0.25) is 0 Å². The fourth-order valence-electron chi connectivity index (χ4n) is 0.489. The molecule has 1 amide bonds. The Hall–Kier alpha value is -0.750. The van der Waals surface area contributed by atoms with Crippen LogP contribution >= 0.6 is 12.6 Å². The average molecular weight is 192 g/mol. The number of hydrogen-bond acceptors (Lipinski definition) is 4. The fraction of sp³-hybridized carbons (Fsp3) is 0.667. The Morgan fingerprint density at radius 3 is 2.42 bits per heavy atom. The topological polar surface area (TPSA) is 92.4 Å². The molecule has 0 bridgehead atoms. The van der Waals surface area contributed by atoms with Crippen LogP contribution in [0.3, 0.4) is 0 Å². The first-order valence-corrected chi connectivity index (χ1v) is 4.02. The van der Waals surface area contributed by atoms with Crippen molar-refractivity contribution >= 4 is 24.5 Å². The molecule has 0 saturated heterocycles. The summed E-state index contributed by atoms with van der Waals surface area (Å²) in [7, 11) is 0. The number of nitrogens with one attached hydrogen (secondary N) is 1. The monoisotopic (exact) mass is 192 g/mol. The molecule has 0 aromatic heterocycles. The van der Waals surface area contributed by atoms with E-state index in [1.807, 2.05) is 0 Å². The van der Waals surface area contributed by atoms with Gasteiger partial charge in [-0.05, 0) is 6.92 Å². The second-order valence-electron chi connectivity index (χ2n) is 2.37. The molecular weight excluding hydrogens is 180 g/mol. The number of nitrogens with two attached hydrogens (primary N) is 1. The molecule has 4 N–H and O–H groups in total. The Bertz CT molecular complexity index is 184. The van der Waals surface area contributed by atoms with Crippen molar-refractivity contribution in [3.05, 3.63) is 0 Å². The molecule has 0 aliphatic carbocycles. The van der Waals surface area contributed by atoms with Crippen LogP contribution in [0.15, 0.2) is 0 Å². The summed E-state index contributed by atoms with van der Waals surface area (Å²) in [5.41, 5.74) is 5.21. The highest BCUT2D eigenvalue weighted by Gasteiger charge is 2.19. The molecule has 0 aromatic carbocycles. The highest BCUT2D eigenvalue weighted by Crippen LogP contribution is 1.89. The lowest BCUT2D eigenvalue weighted by molar-refractivity contribution is -0.141. The van der Waals surface area contributed by atoms with Gasteiger partial charge in [0.1, 0.15) is 6.04 Å². The largest absolute Gasteiger partial charge is 0.480 e. The van der Waals surface area contributed by atoms with Gasteiger partial charge >= 0.3 is 5.97 Å². The van der Waals surface area contributed by atoms with Crippen molar-refractivity contribution in [1.82, 2.24) is 5.32 Å². The summed E-state index contributed by atoms with van der Waals surface area (Å²) in [6.45, 7) is 1.48. The minimum absolute atomic E-state index is 0.0494. The highest BCUT2D eigenvalue weighted by molar-refractivity contribution is 7.80.